The molecule has 0 saturated heterocycles. The van der Waals surface area contributed by atoms with E-state index in [1.807, 2.05) is 0 Å². The van der Waals surface area contributed by atoms with Crippen molar-refractivity contribution in [2.24, 2.45) is 17.6 Å². The minimum absolute atomic E-state index is 0.587. The molecule has 19 heavy (non-hydrogen) atoms. The van der Waals surface area contributed by atoms with Crippen molar-refractivity contribution in [1.82, 2.24) is 4.90 Å². The number of hydrogen-bond donors (Lipinski definition) is 1. The normalized spacial score (nSPS) is 13.2. The molecule has 108 valence electrons. The van der Waals surface area contributed by atoms with Crippen LogP contribution >= 0.6 is 0 Å². The van der Waals surface area contributed by atoms with Gasteiger partial charge in [0.2, 0.25) is 0 Å². The molecule has 1 unspecified atom stereocenters. The minimum atomic E-state index is 0.587. The Balaban J connectivity index is 2.49. The van der Waals surface area contributed by atoms with Crippen LogP contribution in [0.1, 0.15) is 38.3 Å². The van der Waals surface area contributed by atoms with E-state index in [1.165, 1.54) is 24.0 Å². The molecule has 0 aromatic heterocycles. The van der Waals surface area contributed by atoms with Gasteiger partial charge in [-0.2, -0.15) is 0 Å². The molecule has 0 spiro atoms. The highest BCUT2D eigenvalue weighted by Crippen LogP contribution is 2.13. The third kappa shape index (κ3) is 5.75. The summed E-state index contributed by atoms with van der Waals surface area (Å²) in [6.07, 6.45) is 2.39. The molecule has 0 aliphatic rings. The zero-order valence-corrected chi connectivity index (χ0v) is 13.0. The van der Waals surface area contributed by atoms with E-state index in [4.69, 9.17) is 5.73 Å². The third-order valence-corrected chi connectivity index (χ3v) is 3.81. The van der Waals surface area contributed by atoms with E-state index >= 15 is 0 Å². The van der Waals surface area contributed by atoms with E-state index in [-0.39, 0.29) is 0 Å². The zero-order chi connectivity index (χ0) is 14.3. The molecule has 0 fully saturated rings. The molecule has 1 rings (SSSR count). The summed E-state index contributed by atoms with van der Waals surface area (Å²) < 4.78 is 0. The molecule has 0 radical (unpaired) electrons. The first-order chi connectivity index (χ1) is 9.06. The van der Waals surface area contributed by atoms with Gasteiger partial charge in [0.15, 0.2) is 0 Å². The van der Waals surface area contributed by atoms with Gasteiger partial charge in [-0.1, -0.05) is 51.5 Å². The van der Waals surface area contributed by atoms with Crippen LogP contribution in [0.15, 0.2) is 24.3 Å². The molecule has 2 N–H and O–H groups in total. The molecule has 0 bridgehead atoms. The maximum Gasteiger partial charge on any atom is 0.0230 e. The van der Waals surface area contributed by atoms with E-state index in [2.05, 4.69) is 57.0 Å². The lowest BCUT2D eigenvalue weighted by atomic mass is 9.95. The van der Waals surface area contributed by atoms with Crippen LogP contribution in [-0.2, 0) is 13.0 Å². The SMILES string of the molecule is CCCc1ccc(CN(C)CC(CN)C(C)C)cc1. The largest absolute Gasteiger partial charge is 0.330 e. The van der Waals surface area contributed by atoms with Gasteiger partial charge in [-0.15, -0.1) is 0 Å². The maximum absolute atomic E-state index is 5.84. The fourth-order valence-electron chi connectivity index (χ4n) is 2.43. The van der Waals surface area contributed by atoms with Crippen molar-refractivity contribution in [2.75, 3.05) is 20.1 Å². The molecule has 0 amide bonds. The highest BCUT2D eigenvalue weighted by molar-refractivity contribution is 5.22. The van der Waals surface area contributed by atoms with Gasteiger partial charge < -0.3 is 10.6 Å². The number of rotatable bonds is 8. The van der Waals surface area contributed by atoms with E-state index in [0.29, 0.717) is 11.8 Å². The first kappa shape index (κ1) is 16.2. The Bertz CT molecular complexity index is 343. The molecule has 0 heterocycles. The third-order valence-electron chi connectivity index (χ3n) is 3.81. The van der Waals surface area contributed by atoms with Gasteiger partial charge >= 0.3 is 0 Å². The average molecular weight is 262 g/mol. The highest BCUT2D eigenvalue weighted by atomic mass is 15.1. The lowest BCUT2D eigenvalue weighted by Gasteiger charge is -2.25. The summed E-state index contributed by atoms with van der Waals surface area (Å²) >= 11 is 0. The monoisotopic (exact) mass is 262 g/mol. The Morgan fingerprint density at radius 3 is 2.16 bits per heavy atom. The Kier molecular flexibility index (Phi) is 7.11. The molecule has 1 aromatic rings. The molecule has 0 aliphatic carbocycles. The molecular weight excluding hydrogens is 232 g/mol. The summed E-state index contributed by atoms with van der Waals surface area (Å²) in [5, 5.41) is 0. The van der Waals surface area contributed by atoms with E-state index in [1.54, 1.807) is 0 Å². The number of hydrogen-bond acceptors (Lipinski definition) is 2. The molecule has 1 aromatic carbocycles. The second-order valence-electron chi connectivity index (χ2n) is 6.00. The van der Waals surface area contributed by atoms with Crippen LogP contribution in [0.4, 0.5) is 0 Å². The van der Waals surface area contributed by atoms with Crippen LogP contribution in [-0.4, -0.2) is 25.0 Å². The van der Waals surface area contributed by atoms with Gasteiger partial charge in [-0.3, -0.25) is 0 Å². The number of aryl methyl sites for hydroxylation is 1. The van der Waals surface area contributed by atoms with Crippen LogP contribution < -0.4 is 5.73 Å². The fourth-order valence-corrected chi connectivity index (χ4v) is 2.43. The number of nitrogens with zero attached hydrogens (tertiary/aromatic N) is 1. The molecule has 2 nitrogen and oxygen atoms in total. The summed E-state index contributed by atoms with van der Waals surface area (Å²) in [5.74, 6) is 1.24. The van der Waals surface area contributed by atoms with Gasteiger partial charge in [-0.25, -0.2) is 0 Å². The standard InChI is InChI=1S/C17H30N2/c1-5-6-15-7-9-16(10-8-15)12-19(4)13-17(11-18)14(2)3/h7-10,14,17H,5-6,11-13,18H2,1-4H3. The lowest BCUT2D eigenvalue weighted by molar-refractivity contribution is 0.234. The predicted molar refractivity (Wildman–Crippen MR) is 84.2 cm³/mol. The smallest absolute Gasteiger partial charge is 0.0230 e. The zero-order valence-electron chi connectivity index (χ0n) is 13.0. The van der Waals surface area contributed by atoms with Crippen LogP contribution in [0, 0.1) is 11.8 Å². The van der Waals surface area contributed by atoms with Crippen LogP contribution in [0.25, 0.3) is 0 Å². The van der Waals surface area contributed by atoms with Crippen molar-refractivity contribution in [3.63, 3.8) is 0 Å². The van der Waals surface area contributed by atoms with Crippen molar-refractivity contribution < 1.29 is 0 Å². The maximum atomic E-state index is 5.84. The van der Waals surface area contributed by atoms with E-state index < -0.39 is 0 Å². The van der Waals surface area contributed by atoms with Gasteiger partial charge in [-0.05, 0) is 43.0 Å². The predicted octanol–water partition coefficient (Wildman–Crippen LogP) is 3.30. The molecular formula is C17H30N2. The van der Waals surface area contributed by atoms with Crippen LogP contribution in [0.5, 0.6) is 0 Å². The first-order valence-corrected chi connectivity index (χ1v) is 7.53. The molecule has 0 aliphatic heterocycles. The lowest BCUT2D eigenvalue weighted by Crippen LogP contribution is -2.32. The Labute approximate surface area is 119 Å². The van der Waals surface area contributed by atoms with Crippen molar-refractivity contribution in [3.8, 4) is 0 Å². The fraction of sp³-hybridized carbons (Fsp3) is 0.647. The Hall–Kier alpha value is -0.860. The first-order valence-electron chi connectivity index (χ1n) is 7.53. The van der Waals surface area contributed by atoms with E-state index in [0.717, 1.165) is 19.6 Å². The summed E-state index contributed by atoms with van der Waals surface area (Å²) in [6, 6.07) is 9.04. The van der Waals surface area contributed by atoms with Crippen LogP contribution in [0.2, 0.25) is 0 Å². The second kappa shape index (κ2) is 8.34. The summed E-state index contributed by atoms with van der Waals surface area (Å²) in [5.41, 5.74) is 8.67. The van der Waals surface area contributed by atoms with Crippen molar-refractivity contribution in [3.05, 3.63) is 35.4 Å². The van der Waals surface area contributed by atoms with Gasteiger partial charge in [0, 0.05) is 13.1 Å². The topological polar surface area (TPSA) is 29.3 Å². The molecule has 2 heteroatoms. The van der Waals surface area contributed by atoms with Gasteiger partial charge in [0.1, 0.15) is 0 Å². The highest BCUT2D eigenvalue weighted by Gasteiger charge is 2.13. The molecule has 1 atom stereocenters. The Morgan fingerprint density at radius 1 is 1.11 bits per heavy atom. The molecule has 0 saturated carbocycles. The van der Waals surface area contributed by atoms with Gasteiger partial charge in [0.25, 0.3) is 0 Å². The average Bonchev–Trinajstić information content (AvgIpc) is 2.38. The summed E-state index contributed by atoms with van der Waals surface area (Å²) in [6.45, 7) is 9.59. The van der Waals surface area contributed by atoms with Gasteiger partial charge in [0.05, 0.1) is 0 Å². The van der Waals surface area contributed by atoms with Crippen molar-refractivity contribution in [1.29, 1.82) is 0 Å². The quantitative estimate of drug-likeness (QED) is 0.779. The minimum Gasteiger partial charge on any atom is -0.330 e. The van der Waals surface area contributed by atoms with Crippen molar-refractivity contribution >= 4 is 0 Å². The second-order valence-corrected chi connectivity index (χ2v) is 6.00. The van der Waals surface area contributed by atoms with Crippen LogP contribution in [0.3, 0.4) is 0 Å². The number of nitrogens with two attached hydrogens (primary N) is 1. The summed E-state index contributed by atoms with van der Waals surface area (Å²) in [7, 11) is 2.19. The summed E-state index contributed by atoms with van der Waals surface area (Å²) in [4.78, 5) is 2.38. The van der Waals surface area contributed by atoms with Crippen molar-refractivity contribution in [2.45, 2.75) is 40.2 Å². The number of benzene rings is 1. The Morgan fingerprint density at radius 2 is 1.68 bits per heavy atom. The van der Waals surface area contributed by atoms with E-state index in [9.17, 15) is 0 Å².